The maximum atomic E-state index is 13.8. The van der Waals surface area contributed by atoms with Gasteiger partial charge in [-0.15, -0.1) is 0 Å². The van der Waals surface area contributed by atoms with E-state index < -0.39 is 159 Å². The Morgan fingerprint density at radius 2 is 0.712 bits per heavy atom. The van der Waals surface area contributed by atoms with Gasteiger partial charge in [0.15, 0.2) is 17.3 Å². The zero-order valence-electron chi connectivity index (χ0n) is 62.1. The third kappa shape index (κ3) is 29.9. The summed E-state index contributed by atoms with van der Waals surface area (Å²) in [7, 11) is 0. The Bertz CT molecular complexity index is 3120. The van der Waals surface area contributed by atoms with Gasteiger partial charge in [0.2, 0.25) is 17.7 Å². The number of carbonyl (C=O) groups excluding carboxylic acids is 7. The zero-order chi connectivity index (χ0) is 80.1. The van der Waals surface area contributed by atoms with Crippen LogP contribution in [0.5, 0.6) is 0 Å². The first-order valence-electron chi connectivity index (χ1n) is 36.6. The van der Waals surface area contributed by atoms with E-state index in [1.54, 1.807) is 12.1 Å². The molecule has 4 aromatic rings. The topological polar surface area (TPSA) is 592 Å². The van der Waals surface area contributed by atoms with E-state index in [0.29, 0.717) is 55.6 Å². The average Bonchev–Trinajstić information content (AvgIpc) is 1.79. The third-order valence-corrected chi connectivity index (χ3v) is 17.9. The van der Waals surface area contributed by atoms with Crippen LogP contribution in [0, 0.1) is 0 Å². The molecule has 111 heavy (non-hydrogen) atoms. The highest BCUT2D eigenvalue weighted by Gasteiger charge is 2.50. The number of hydrogen-bond acceptors (Lipinski definition) is 32. The second kappa shape index (κ2) is 47.9. The molecule has 3 saturated heterocycles. The molecule has 42 nitrogen and oxygen atoms in total. The number of aliphatic hydroxyl groups excluding tert-OH is 9. The molecule has 42 heteroatoms. The fourth-order valence-corrected chi connectivity index (χ4v) is 12.4. The maximum Gasteiger partial charge on any atom is 0.407 e. The smallest absolute Gasteiger partial charge is 0.407 e. The van der Waals surface area contributed by atoms with Crippen molar-refractivity contribution in [3.8, 4) is 0 Å². The Kier molecular flexibility index (Phi) is 38.7. The van der Waals surface area contributed by atoms with Crippen LogP contribution in [0.25, 0.3) is 0 Å². The fraction of sp³-hybridized carbons (Fsp3) is 0.681. The van der Waals surface area contributed by atoms with Gasteiger partial charge in [-0.1, -0.05) is 45.8 Å². The molecular formula is C69H107N13O29. The molecule has 3 aliphatic rings. The van der Waals surface area contributed by atoms with E-state index in [2.05, 4.69) is 68.6 Å². The first-order valence-corrected chi connectivity index (χ1v) is 36.6. The number of nitrogens with zero attached hydrogens (tertiary/aromatic N) is 3. The van der Waals surface area contributed by atoms with Crippen molar-refractivity contribution in [2.75, 3.05) is 119 Å². The minimum Gasteiger partial charge on any atom is -0.445 e. The van der Waals surface area contributed by atoms with Gasteiger partial charge >= 0.3 is 24.2 Å². The van der Waals surface area contributed by atoms with Crippen molar-refractivity contribution in [1.82, 2.24) is 68.6 Å². The molecule has 7 rings (SSSR count). The zero-order valence-corrected chi connectivity index (χ0v) is 62.1. The summed E-state index contributed by atoms with van der Waals surface area (Å²) < 4.78 is 73.0. The summed E-state index contributed by atoms with van der Waals surface area (Å²) in [4.78, 5) is 88.4. The predicted molar refractivity (Wildman–Crippen MR) is 378 cm³/mol. The van der Waals surface area contributed by atoms with E-state index in [1.807, 2.05) is 18.2 Å². The minimum atomic E-state index is -1.47. The molecule has 3 aromatic heterocycles. The number of hydrogen-bond donors (Lipinski definition) is 19. The average molecular weight is 1580 g/mol. The van der Waals surface area contributed by atoms with Crippen LogP contribution < -0.4 is 53.2 Å². The van der Waals surface area contributed by atoms with E-state index in [0.717, 1.165) is 5.56 Å². The van der Waals surface area contributed by atoms with Gasteiger partial charge in [-0.25, -0.2) is 19.2 Å². The second-order valence-corrected chi connectivity index (χ2v) is 26.4. The molecule has 19 N–H and O–H groups in total. The van der Waals surface area contributed by atoms with Gasteiger partial charge in [-0.05, 0) is 44.1 Å². The van der Waals surface area contributed by atoms with Crippen LogP contribution in [0.15, 0.2) is 62.1 Å². The highest BCUT2D eigenvalue weighted by molar-refractivity contribution is 5.75. The van der Waals surface area contributed by atoms with E-state index in [4.69, 9.17) is 60.9 Å². The number of amides is 10. The number of ether oxygens (including phenoxy) is 10. The largest absolute Gasteiger partial charge is 0.445 e. The van der Waals surface area contributed by atoms with Gasteiger partial charge in [-0.2, -0.15) is 0 Å². The van der Waals surface area contributed by atoms with Crippen LogP contribution >= 0.6 is 0 Å². The summed E-state index contributed by atoms with van der Waals surface area (Å²) in [5, 5.41) is 131. The van der Waals surface area contributed by atoms with Crippen molar-refractivity contribution in [3.63, 3.8) is 0 Å². The first-order chi connectivity index (χ1) is 53.5. The number of aromatic nitrogens is 3. The fourth-order valence-electron chi connectivity index (χ4n) is 12.4. The van der Waals surface area contributed by atoms with Crippen molar-refractivity contribution >= 4 is 41.9 Å². The molecule has 15 atom stereocenters. The maximum absolute atomic E-state index is 13.8. The number of carbonyl (C=O) groups is 7. The first kappa shape index (κ1) is 89.8. The van der Waals surface area contributed by atoms with E-state index in [9.17, 15) is 79.5 Å². The summed E-state index contributed by atoms with van der Waals surface area (Å²) in [5.74, 6) is -1.11. The van der Waals surface area contributed by atoms with Crippen LogP contribution in [-0.4, -0.2) is 300 Å². The Morgan fingerprint density at radius 3 is 1.02 bits per heavy atom. The normalized spacial score (nSPS) is 23.9. The lowest BCUT2D eigenvalue weighted by atomic mass is 9.83. The Labute approximate surface area is 638 Å². The molecule has 1 aromatic carbocycles. The number of aliphatic hydroxyl groups is 9. The molecule has 3 aliphatic heterocycles. The highest BCUT2D eigenvalue weighted by Crippen LogP contribution is 2.36. The minimum absolute atomic E-state index is 0.0112. The van der Waals surface area contributed by atoms with E-state index >= 15 is 0 Å². The molecule has 10 amide bonds. The predicted octanol–water partition coefficient (Wildman–Crippen LogP) is -3.47. The number of urea groups is 3. The van der Waals surface area contributed by atoms with Gasteiger partial charge < -0.3 is 160 Å². The Balaban J connectivity index is 0.844. The van der Waals surface area contributed by atoms with E-state index in [1.165, 1.54) is 39.0 Å². The molecule has 3 fully saturated rings. The van der Waals surface area contributed by atoms with Gasteiger partial charge in [0.1, 0.15) is 96.9 Å². The summed E-state index contributed by atoms with van der Waals surface area (Å²) >= 11 is 0. The van der Waals surface area contributed by atoms with Crippen LogP contribution in [0.2, 0.25) is 0 Å². The second-order valence-electron chi connectivity index (χ2n) is 26.4. The monoisotopic (exact) mass is 1580 g/mol. The SMILES string of the molecule is CC(=O)N[C@@H]1[C@@H](O)[C@@H](O)[C@@H](CO)O[C@@H]1c1cc(COCCOCCNC(=O)NCCCC(CCCNC(=O)NCCOCCOCc2cc([C@H]3O[C@H](CO)[C@H](O)[C@H](O)[C@H]3NC(C)=O)on2)(CCCNC(=O)NCCOCCOCc2cc([C@H]3O[C@H](CO)[C@H](O)[C@H](O)[C@H]3NC(C)=O)on2)NC(=O)OCc2ccccc2)no1. The highest BCUT2D eigenvalue weighted by atomic mass is 16.6. The van der Waals surface area contributed by atoms with Crippen molar-refractivity contribution < 1.29 is 140 Å². The lowest BCUT2D eigenvalue weighted by Gasteiger charge is -2.41. The summed E-state index contributed by atoms with van der Waals surface area (Å²) in [6.07, 6.45) is -14.2. The van der Waals surface area contributed by atoms with Gasteiger partial charge in [0.25, 0.3) is 0 Å². The Hall–Kier alpha value is -8.38. The van der Waals surface area contributed by atoms with Crippen molar-refractivity contribution in [1.29, 1.82) is 0 Å². The number of benzene rings is 1. The van der Waals surface area contributed by atoms with Gasteiger partial charge in [0.05, 0.1) is 117 Å². The molecule has 6 heterocycles. The number of nitrogens with one attached hydrogen (secondary N) is 10. The molecule has 0 aliphatic carbocycles. The van der Waals surface area contributed by atoms with Crippen molar-refractivity contribution in [2.45, 2.75) is 183 Å². The molecule has 0 unspecified atom stereocenters. The van der Waals surface area contributed by atoms with Crippen LogP contribution in [0.1, 0.15) is 118 Å². The molecule has 0 bridgehead atoms. The Morgan fingerprint density at radius 1 is 0.405 bits per heavy atom. The van der Waals surface area contributed by atoms with Crippen molar-refractivity contribution in [3.05, 3.63) is 88.5 Å². The number of rotatable bonds is 48. The van der Waals surface area contributed by atoms with Crippen molar-refractivity contribution in [2.24, 2.45) is 0 Å². The summed E-state index contributed by atoms with van der Waals surface area (Å²) in [5.41, 5.74) is 0.793. The standard InChI is InChI=1S/C69H107N13O29/c1-40(86)76-53-59(92)56(89)50(33-83)106-62(53)47-30-44(80-109-47)37-102-27-24-99-21-18-73-65(95)70-15-7-12-69(79-68(98)105-36-43-10-5-4-6-11-43,13-8-16-71-66(96)74-19-22-100-25-28-103-38-45-31-48(110-81-45)63-54(77-41(2)87)60(93)57(90)51(34-84)107-63)14-9-17-72-67(97)75-20-23-101-26-29-104-39-46-32-49(111-82-46)64-55(78-42(3)88)61(94)58(91)52(35-85)108-64/h4-6,10-11,30-32,50-64,83-85,89-94H,7-9,12-29,33-39H2,1-3H3,(H,76,86)(H,77,87)(H,78,88)(H,79,98)(H2,70,73,95)(H2,71,74,96)(H2,72,75,97)/t50-,51-,52-,53-,54-,55-,56+,57+,58+,59-,60-,61-,62-,63-,64-/m1/s1. The van der Waals surface area contributed by atoms with Gasteiger partial charge in [0, 0.05) is 83.8 Å². The summed E-state index contributed by atoms with van der Waals surface area (Å²) in [6.45, 7) is 3.94. The molecule has 0 saturated carbocycles. The quantitative estimate of drug-likeness (QED) is 0.0191. The lowest BCUT2D eigenvalue weighted by Crippen LogP contribution is -2.60. The summed E-state index contributed by atoms with van der Waals surface area (Å²) in [6, 6.07) is 8.81. The lowest BCUT2D eigenvalue weighted by molar-refractivity contribution is -0.201. The van der Waals surface area contributed by atoms with E-state index in [-0.39, 0.29) is 142 Å². The van der Waals surface area contributed by atoms with Gasteiger partial charge in [-0.3, -0.25) is 14.4 Å². The van der Waals surface area contributed by atoms with Crippen LogP contribution in [-0.2, 0) is 88.2 Å². The third-order valence-electron chi connectivity index (χ3n) is 17.9. The molecule has 0 radical (unpaired) electrons. The molecular weight excluding hydrogens is 1470 g/mol. The molecule has 622 valence electrons. The molecule has 0 spiro atoms. The van der Waals surface area contributed by atoms with Crippen LogP contribution in [0.4, 0.5) is 19.2 Å². The number of alkyl carbamates (subject to hydrolysis) is 1. The van der Waals surface area contributed by atoms with Crippen LogP contribution in [0.3, 0.4) is 0 Å².